The summed E-state index contributed by atoms with van der Waals surface area (Å²) in [7, 11) is 0. The molecule has 1 aliphatic rings. The highest BCUT2D eigenvalue weighted by Gasteiger charge is 2.22. The summed E-state index contributed by atoms with van der Waals surface area (Å²) in [6.07, 6.45) is 11.3. The first-order valence-corrected chi connectivity index (χ1v) is 7.53. The van der Waals surface area contributed by atoms with Gasteiger partial charge in [-0.25, -0.2) is 0 Å². The van der Waals surface area contributed by atoms with Gasteiger partial charge in [-0.2, -0.15) is 5.10 Å². The maximum Gasteiger partial charge on any atom is 0.0522 e. The van der Waals surface area contributed by atoms with Crippen molar-refractivity contribution in [3.05, 3.63) is 17.5 Å². The molecule has 0 saturated heterocycles. The van der Waals surface area contributed by atoms with Gasteiger partial charge in [-0.1, -0.05) is 26.2 Å². The molecule has 2 N–H and O–H groups in total. The lowest BCUT2D eigenvalue weighted by Crippen LogP contribution is -2.38. The van der Waals surface area contributed by atoms with Crippen molar-refractivity contribution in [3.63, 3.8) is 0 Å². The van der Waals surface area contributed by atoms with E-state index in [1.807, 2.05) is 6.20 Å². The molecule has 18 heavy (non-hydrogen) atoms. The lowest BCUT2D eigenvalue weighted by atomic mass is 9.83. The number of nitrogens with zero attached hydrogens (tertiary/aromatic N) is 1. The zero-order valence-corrected chi connectivity index (χ0v) is 11.8. The van der Waals surface area contributed by atoms with Crippen molar-refractivity contribution in [2.24, 2.45) is 5.92 Å². The summed E-state index contributed by atoms with van der Waals surface area (Å²) in [5.41, 5.74) is 2.59. The van der Waals surface area contributed by atoms with Crippen molar-refractivity contribution >= 4 is 0 Å². The van der Waals surface area contributed by atoms with Crippen LogP contribution in [0.3, 0.4) is 0 Å². The fourth-order valence-corrected chi connectivity index (χ4v) is 3.16. The molecule has 1 fully saturated rings. The minimum atomic E-state index is 0.772. The van der Waals surface area contributed by atoms with Gasteiger partial charge < -0.3 is 5.32 Å². The fraction of sp³-hybridized carbons (Fsp3) is 0.800. The third kappa shape index (κ3) is 3.58. The smallest absolute Gasteiger partial charge is 0.0522 e. The van der Waals surface area contributed by atoms with E-state index in [4.69, 9.17) is 0 Å². The molecule has 1 aromatic rings. The molecule has 1 aliphatic carbocycles. The summed E-state index contributed by atoms with van der Waals surface area (Å²) < 4.78 is 0. The number of aryl methyl sites for hydroxylation is 2. The Bertz CT molecular complexity index is 345. The normalized spacial score (nSPS) is 24.3. The average molecular weight is 249 g/mol. The van der Waals surface area contributed by atoms with Crippen molar-refractivity contribution in [1.82, 2.24) is 15.5 Å². The number of H-pyrrole nitrogens is 1. The SMILES string of the molecule is CCC1CCCCC1NCCCc1cn[nH]c1C. The number of hydrogen-bond donors (Lipinski definition) is 2. The molecule has 2 atom stereocenters. The van der Waals surface area contributed by atoms with Crippen LogP contribution in [0.25, 0.3) is 0 Å². The third-order valence-corrected chi connectivity index (χ3v) is 4.40. The van der Waals surface area contributed by atoms with Gasteiger partial charge >= 0.3 is 0 Å². The first-order valence-electron chi connectivity index (χ1n) is 7.53. The molecule has 0 aromatic carbocycles. The second kappa shape index (κ2) is 6.93. The number of rotatable bonds is 6. The quantitative estimate of drug-likeness (QED) is 0.760. The van der Waals surface area contributed by atoms with Crippen LogP contribution in [0.15, 0.2) is 6.20 Å². The van der Waals surface area contributed by atoms with Crippen molar-refractivity contribution in [2.75, 3.05) is 6.54 Å². The molecule has 1 saturated carbocycles. The van der Waals surface area contributed by atoms with Crippen LogP contribution in [0.4, 0.5) is 0 Å². The van der Waals surface area contributed by atoms with E-state index in [2.05, 4.69) is 29.4 Å². The Morgan fingerprint density at radius 3 is 2.94 bits per heavy atom. The summed E-state index contributed by atoms with van der Waals surface area (Å²) in [5, 5.41) is 10.8. The maximum atomic E-state index is 4.07. The topological polar surface area (TPSA) is 40.7 Å². The molecule has 102 valence electrons. The second-order valence-corrected chi connectivity index (χ2v) is 5.64. The van der Waals surface area contributed by atoms with Gasteiger partial charge in [0, 0.05) is 11.7 Å². The zero-order chi connectivity index (χ0) is 12.8. The zero-order valence-electron chi connectivity index (χ0n) is 11.8. The molecule has 2 rings (SSSR count). The summed E-state index contributed by atoms with van der Waals surface area (Å²) in [6.45, 7) is 5.58. The van der Waals surface area contributed by atoms with Crippen LogP contribution in [0.2, 0.25) is 0 Å². The number of aromatic amines is 1. The maximum absolute atomic E-state index is 4.07. The van der Waals surface area contributed by atoms with E-state index in [9.17, 15) is 0 Å². The van der Waals surface area contributed by atoms with Gasteiger partial charge in [0.1, 0.15) is 0 Å². The largest absolute Gasteiger partial charge is 0.314 e. The molecule has 3 heteroatoms. The highest BCUT2D eigenvalue weighted by atomic mass is 15.1. The van der Waals surface area contributed by atoms with Gasteiger partial charge in [0.25, 0.3) is 0 Å². The van der Waals surface area contributed by atoms with Crippen LogP contribution in [-0.4, -0.2) is 22.8 Å². The van der Waals surface area contributed by atoms with E-state index in [1.165, 1.54) is 49.8 Å². The first kappa shape index (κ1) is 13.6. The highest BCUT2D eigenvalue weighted by molar-refractivity contribution is 5.14. The van der Waals surface area contributed by atoms with Crippen LogP contribution in [0.5, 0.6) is 0 Å². The van der Waals surface area contributed by atoms with Gasteiger partial charge in [-0.3, -0.25) is 5.10 Å². The molecule has 3 nitrogen and oxygen atoms in total. The van der Waals surface area contributed by atoms with Crippen molar-refractivity contribution in [2.45, 2.75) is 64.8 Å². The number of hydrogen-bond acceptors (Lipinski definition) is 2. The second-order valence-electron chi connectivity index (χ2n) is 5.64. The molecule has 0 amide bonds. The molecule has 2 unspecified atom stereocenters. The summed E-state index contributed by atoms with van der Waals surface area (Å²) in [4.78, 5) is 0. The van der Waals surface area contributed by atoms with Crippen molar-refractivity contribution in [3.8, 4) is 0 Å². The van der Waals surface area contributed by atoms with Gasteiger partial charge in [-0.05, 0) is 50.6 Å². The molecule has 1 aromatic heterocycles. The predicted molar refractivity (Wildman–Crippen MR) is 75.7 cm³/mol. The van der Waals surface area contributed by atoms with Crippen molar-refractivity contribution < 1.29 is 0 Å². The number of aromatic nitrogens is 2. The van der Waals surface area contributed by atoms with Crippen LogP contribution in [-0.2, 0) is 6.42 Å². The first-order chi connectivity index (χ1) is 8.81. The summed E-state index contributed by atoms with van der Waals surface area (Å²) in [6, 6.07) is 0.772. The standard InChI is InChI=1S/C15H27N3/c1-3-13-7-4-5-9-15(13)16-10-6-8-14-11-17-18-12(14)2/h11,13,15-16H,3-10H2,1-2H3,(H,17,18). The van der Waals surface area contributed by atoms with Gasteiger partial charge in [0.05, 0.1) is 6.20 Å². The molecule has 0 spiro atoms. The van der Waals surface area contributed by atoms with Crippen molar-refractivity contribution in [1.29, 1.82) is 0 Å². The average Bonchev–Trinajstić information content (AvgIpc) is 2.81. The van der Waals surface area contributed by atoms with Gasteiger partial charge in [0.15, 0.2) is 0 Å². The number of nitrogens with one attached hydrogen (secondary N) is 2. The monoisotopic (exact) mass is 249 g/mol. The Morgan fingerprint density at radius 1 is 1.39 bits per heavy atom. The Balaban J connectivity index is 1.67. The van der Waals surface area contributed by atoms with E-state index in [-0.39, 0.29) is 0 Å². The molecular formula is C15H27N3. The van der Waals surface area contributed by atoms with E-state index in [1.54, 1.807) is 0 Å². The molecule has 1 heterocycles. The fourth-order valence-electron chi connectivity index (χ4n) is 3.16. The minimum Gasteiger partial charge on any atom is -0.314 e. The van der Waals surface area contributed by atoms with Crippen LogP contribution < -0.4 is 5.32 Å². The third-order valence-electron chi connectivity index (χ3n) is 4.40. The predicted octanol–water partition coefficient (Wildman–Crippen LogP) is 3.21. The lowest BCUT2D eigenvalue weighted by molar-refractivity contribution is 0.255. The van der Waals surface area contributed by atoms with E-state index < -0.39 is 0 Å². The Morgan fingerprint density at radius 2 is 2.22 bits per heavy atom. The van der Waals surface area contributed by atoms with Crippen LogP contribution in [0.1, 0.15) is 56.7 Å². The van der Waals surface area contributed by atoms with Crippen LogP contribution in [0, 0.1) is 12.8 Å². The Labute approximate surface area is 111 Å². The van der Waals surface area contributed by atoms with E-state index in [0.29, 0.717) is 0 Å². The lowest BCUT2D eigenvalue weighted by Gasteiger charge is -2.31. The summed E-state index contributed by atoms with van der Waals surface area (Å²) in [5.74, 6) is 0.911. The minimum absolute atomic E-state index is 0.772. The molecule has 0 radical (unpaired) electrons. The Kier molecular flexibility index (Phi) is 5.24. The van der Waals surface area contributed by atoms with Crippen LogP contribution >= 0.6 is 0 Å². The van der Waals surface area contributed by atoms with E-state index >= 15 is 0 Å². The van der Waals surface area contributed by atoms with E-state index in [0.717, 1.165) is 24.9 Å². The molecule has 0 aliphatic heterocycles. The highest BCUT2D eigenvalue weighted by Crippen LogP contribution is 2.26. The van der Waals surface area contributed by atoms with Gasteiger partial charge in [0.2, 0.25) is 0 Å². The molecular weight excluding hydrogens is 222 g/mol. The molecule has 0 bridgehead atoms. The van der Waals surface area contributed by atoms with Gasteiger partial charge in [-0.15, -0.1) is 0 Å². The Hall–Kier alpha value is -0.830. The summed E-state index contributed by atoms with van der Waals surface area (Å²) >= 11 is 0.